The average Bonchev–Trinajstić information content (AvgIpc) is 2.55. The molecule has 2 rings (SSSR count). The maximum absolute atomic E-state index is 12.4. The fourth-order valence-corrected chi connectivity index (χ4v) is 2.91. The van der Waals surface area contributed by atoms with Crippen molar-refractivity contribution in [3.8, 4) is 0 Å². The van der Waals surface area contributed by atoms with Crippen LogP contribution in [-0.2, 0) is 20.9 Å². The molecule has 0 aromatic heterocycles. The Bertz CT molecular complexity index is 534. The van der Waals surface area contributed by atoms with Crippen molar-refractivity contribution in [1.82, 2.24) is 10.2 Å². The largest absolute Gasteiger partial charge is 0.467 e. The molecule has 0 spiro atoms. The van der Waals surface area contributed by atoms with Gasteiger partial charge in [-0.15, -0.1) is 0 Å². The first-order chi connectivity index (χ1) is 10.9. The standard InChI is InChI=1S/C18H26N2O3/c1-18(2,17(22)23-3)19-16(21)15-9-11-20(12-10-15)13-14-7-5-4-6-8-14/h4-8,15H,9-13H2,1-3H3,(H,19,21). The monoisotopic (exact) mass is 318 g/mol. The molecular weight excluding hydrogens is 292 g/mol. The lowest BCUT2D eigenvalue weighted by atomic mass is 9.94. The van der Waals surface area contributed by atoms with Gasteiger partial charge in [-0.05, 0) is 45.3 Å². The molecule has 0 saturated carbocycles. The third kappa shape index (κ3) is 4.79. The Morgan fingerprint density at radius 1 is 1.22 bits per heavy atom. The van der Waals surface area contributed by atoms with E-state index in [0.29, 0.717) is 0 Å². The van der Waals surface area contributed by atoms with Gasteiger partial charge in [-0.2, -0.15) is 0 Å². The number of benzene rings is 1. The molecule has 0 unspecified atom stereocenters. The number of carbonyl (C=O) groups is 2. The Hall–Kier alpha value is -1.88. The number of hydrogen-bond acceptors (Lipinski definition) is 4. The average molecular weight is 318 g/mol. The minimum Gasteiger partial charge on any atom is -0.467 e. The van der Waals surface area contributed by atoms with Crippen molar-refractivity contribution in [2.45, 2.75) is 38.8 Å². The minimum absolute atomic E-state index is 0.0362. The number of likely N-dealkylation sites (tertiary alicyclic amines) is 1. The summed E-state index contributed by atoms with van der Waals surface area (Å²) in [5, 5.41) is 2.81. The van der Waals surface area contributed by atoms with Gasteiger partial charge >= 0.3 is 5.97 Å². The van der Waals surface area contributed by atoms with Crippen LogP contribution in [0.3, 0.4) is 0 Å². The highest BCUT2D eigenvalue weighted by molar-refractivity contribution is 5.88. The molecular formula is C18H26N2O3. The normalized spacial score (nSPS) is 16.8. The SMILES string of the molecule is COC(=O)C(C)(C)NC(=O)C1CCN(Cc2ccccc2)CC1. The van der Waals surface area contributed by atoms with Gasteiger partial charge in [0.25, 0.3) is 0 Å². The van der Waals surface area contributed by atoms with Gasteiger partial charge < -0.3 is 10.1 Å². The summed E-state index contributed by atoms with van der Waals surface area (Å²) in [7, 11) is 1.33. The van der Waals surface area contributed by atoms with E-state index in [1.807, 2.05) is 18.2 Å². The van der Waals surface area contributed by atoms with Crippen LogP contribution in [0.2, 0.25) is 0 Å². The number of ether oxygens (including phenoxy) is 1. The number of rotatable bonds is 5. The van der Waals surface area contributed by atoms with Crippen LogP contribution < -0.4 is 5.32 Å². The van der Waals surface area contributed by atoms with E-state index < -0.39 is 11.5 Å². The molecule has 5 heteroatoms. The summed E-state index contributed by atoms with van der Waals surface area (Å²) >= 11 is 0. The van der Waals surface area contributed by atoms with Crippen LogP contribution in [0.4, 0.5) is 0 Å². The van der Waals surface area contributed by atoms with Gasteiger partial charge in [-0.1, -0.05) is 30.3 Å². The second-order valence-electron chi connectivity index (χ2n) is 6.64. The molecule has 0 radical (unpaired) electrons. The molecule has 1 aromatic carbocycles. The maximum atomic E-state index is 12.4. The lowest BCUT2D eigenvalue weighted by molar-refractivity contribution is -0.150. The van der Waals surface area contributed by atoms with Gasteiger partial charge in [-0.3, -0.25) is 9.69 Å². The first-order valence-corrected chi connectivity index (χ1v) is 8.09. The smallest absolute Gasteiger partial charge is 0.330 e. The van der Waals surface area contributed by atoms with Gasteiger partial charge in [0.05, 0.1) is 7.11 Å². The molecule has 1 aliphatic heterocycles. The molecule has 1 saturated heterocycles. The fraction of sp³-hybridized carbons (Fsp3) is 0.556. The predicted molar refractivity (Wildman–Crippen MR) is 88.7 cm³/mol. The Labute approximate surface area is 138 Å². The van der Waals surface area contributed by atoms with E-state index >= 15 is 0 Å². The van der Waals surface area contributed by atoms with Crippen molar-refractivity contribution in [1.29, 1.82) is 0 Å². The highest BCUT2D eigenvalue weighted by Gasteiger charge is 2.34. The lowest BCUT2D eigenvalue weighted by Gasteiger charge is -2.33. The fourth-order valence-electron chi connectivity index (χ4n) is 2.91. The van der Waals surface area contributed by atoms with Crippen molar-refractivity contribution < 1.29 is 14.3 Å². The molecule has 23 heavy (non-hydrogen) atoms. The summed E-state index contributed by atoms with van der Waals surface area (Å²) in [5.41, 5.74) is 0.315. The molecule has 126 valence electrons. The van der Waals surface area contributed by atoms with Gasteiger partial charge in [0, 0.05) is 12.5 Å². The van der Waals surface area contributed by atoms with Gasteiger partial charge in [0.1, 0.15) is 5.54 Å². The summed E-state index contributed by atoms with van der Waals surface area (Å²) in [6, 6.07) is 10.4. The van der Waals surface area contributed by atoms with E-state index in [4.69, 9.17) is 4.74 Å². The van der Waals surface area contributed by atoms with Crippen molar-refractivity contribution in [3.05, 3.63) is 35.9 Å². The van der Waals surface area contributed by atoms with Crippen LogP contribution in [0.1, 0.15) is 32.3 Å². The van der Waals surface area contributed by atoms with E-state index in [9.17, 15) is 9.59 Å². The van der Waals surface area contributed by atoms with E-state index in [0.717, 1.165) is 32.5 Å². The maximum Gasteiger partial charge on any atom is 0.330 e. The van der Waals surface area contributed by atoms with Gasteiger partial charge in [-0.25, -0.2) is 4.79 Å². The molecule has 5 nitrogen and oxygen atoms in total. The minimum atomic E-state index is -0.979. The zero-order valence-electron chi connectivity index (χ0n) is 14.2. The zero-order chi connectivity index (χ0) is 16.9. The Morgan fingerprint density at radius 2 is 1.83 bits per heavy atom. The second kappa shape index (κ2) is 7.59. The number of hydrogen-bond donors (Lipinski definition) is 1. The van der Waals surface area contributed by atoms with E-state index in [-0.39, 0.29) is 11.8 Å². The molecule has 1 aliphatic rings. The number of nitrogens with zero attached hydrogens (tertiary/aromatic N) is 1. The molecule has 0 aliphatic carbocycles. The number of carbonyl (C=O) groups excluding carboxylic acids is 2. The molecule has 1 aromatic rings. The van der Waals surface area contributed by atoms with Crippen molar-refractivity contribution in [2.24, 2.45) is 5.92 Å². The molecule has 0 atom stereocenters. The molecule has 1 heterocycles. The topological polar surface area (TPSA) is 58.6 Å². The summed E-state index contributed by atoms with van der Waals surface area (Å²) in [6.07, 6.45) is 1.63. The van der Waals surface area contributed by atoms with Crippen molar-refractivity contribution >= 4 is 11.9 Å². The third-order valence-electron chi connectivity index (χ3n) is 4.34. The number of esters is 1. The van der Waals surface area contributed by atoms with Crippen LogP contribution in [0.25, 0.3) is 0 Å². The van der Waals surface area contributed by atoms with E-state index in [1.165, 1.54) is 12.7 Å². The van der Waals surface area contributed by atoms with Crippen LogP contribution >= 0.6 is 0 Å². The van der Waals surface area contributed by atoms with Gasteiger partial charge in [0.15, 0.2) is 0 Å². The van der Waals surface area contributed by atoms with Crippen LogP contribution in [-0.4, -0.2) is 42.5 Å². The number of nitrogens with one attached hydrogen (secondary N) is 1. The molecule has 1 fully saturated rings. The van der Waals surface area contributed by atoms with E-state index in [1.54, 1.807) is 13.8 Å². The first-order valence-electron chi connectivity index (χ1n) is 8.09. The zero-order valence-corrected chi connectivity index (χ0v) is 14.2. The number of methoxy groups -OCH3 is 1. The van der Waals surface area contributed by atoms with Crippen molar-refractivity contribution in [2.75, 3.05) is 20.2 Å². The summed E-state index contributed by atoms with van der Waals surface area (Å²) in [5.74, 6) is -0.516. The van der Waals surface area contributed by atoms with Crippen molar-refractivity contribution in [3.63, 3.8) is 0 Å². The summed E-state index contributed by atoms with van der Waals surface area (Å²) in [4.78, 5) is 26.4. The van der Waals surface area contributed by atoms with Crippen LogP contribution in [0.5, 0.6) is 0 Å². The highest BCUT2D eigenvalue weighted by atomic mass is 16.5. The Balaban J connectivity index is 1.82. The van der Waals surface area contributed by atoms with E-state index in [2.05, 4.69) is 22.3 Å². The van der Waals surface area contributed by atoms with Crippen LogP contribution in [0.15, 0.2) is 30.3 Å². The Kier molecular flexibility index (Phi) is 5.77. The Morgan fingerprint density at radius 3 is 2.39 bits per heavy atom. The van der Waals surface area contributed by atoms with Crippen LogP contribution in [0, 0.1) is 5.92 Å². The predicted octanol–water partition coefficient (Wildman–Crippen LogP) is 1.97. The molecule has 1 N–H and O–H groups in total. The summed E-state index contributed by atoms with van der Waals surface area (Å²) < 4.78 is 4.72. The van der Waals surface area contributed by atoms with Gasteiger partial charge in [0.2, 0.25) is 5.91 Å². The number of amides is 1. The highest BCUT2D eigenvalue weighted by Crippen LogP contribution is 2.20. The third-order valence-corrected chi connectivity index (χ3v) is 4.34. The quantitative estimate of drug-likeness (QED) is 0.843. The first kappa shape index (κ1) is 17.5. The number of piperidine rings is 1. The molecule has 0 bridgehead atoms. The second-order valence-corrected chi connectivity index (χ2v) is 6.64. The molecule has 1 amide bonds. The lowest BCUT2D eigenvalue weighted by Crippen LogP contribution is -2.53. The summed E-state index contributed by atoms with van der Waals surface area (Å²) in [6.45, 7) is 6.04.